The van der Waals surface area contributed by atoms with Crippen LogP contribution in [-0.4, -0.2) is 36.8 Å². The number of hydrogen-bond donors (Lipinski definition) is 3. The molecule has 2 unspecified atom stereocenters. The minimum absolute atomic E-state index is 0.0210. The first-order valence-electron chi connectivity index (χ1n) is 7.26. The monoisotopic (exact) mass is 328 g/mol. The number of aliphatic hydroxyl groups excluding tert-OH is 1. The van der Waals surface area contributed by atoms with Gasteiger partial charge in [-0.3, -0.25) is 4.79 Å². The number of rotatable bonds is 6. The van der Waals surface area contributed by atoms with Crippen molar-refractivity contribution in [2.45, 2.75) is 31.9 Å². The molecule has 0 bridgehead atoms. The van der Waals surface area contributed by atoms with E-state index < -0.39 is 6.10 Å². The maximum Gasteiger partial charge on any atom is 0.220 e. The quantitative estimate of drug-likeness (QED) is 0.733. The number of benzene rings is 1. The summed E-state index contributed by atoms with van der Waals surface area (Å²) in [4.78, 5) is 11.6. The van der Waals surface area contributed by atoms with Crippen LogP contribution in [0.1, 0.15) is 31.4 Å². The summed E-state index contributed by atoms with van der Waals surface area (Å²) in [5.74, 6) is 0.862. The van der Waals surface area contributed by atoms with Crippen molar-refractivity contribution in [1.29, 1.82) is 0 Å². The lowest BCUT2D eigenvalue weighted by atomic mass is 10.1. The molecule has 1 aliphatic rings. The number of ether oxygens (including phenoxy) is 2. The summed E-state index contributed by atoms with van der Waals surface area (Å²) in [5, 5.41) is 13.2. The van der Waals surface area contributed by atoms with E-state index in [1.165, 1.54) is 0 Å². The number of aliphatic hydroxyl groups is 1. The molecule has 1 aromatic rings. The second-order valence-electron chi connectivity index (χ2n) is 5.36. The van der Waals surface area contributed by atoms with E-state index in [0.29, 0.717) is 48.1 Å². The van der Waals surface area contributed by atoms with E-state index in [-0.39, 0.29) is 18.5 Å². The van der Waals surface area contributed by atoms with Crippen LogP contribution < -0.4 is 20.5 Å². The molecule has 0 aromatic heterocycles. The van der Waals surface area contributed by atoms with Crippen LogP contribution in [0.2, 0.25) is 5.02 Å². The molecule has 6 nitrogen and oxygen atoms in total. The van der Waals surface area contributed by atoms with E-state index in [2.05, 4.69) is 5.32 Å². The number of carbonyl (C=O) groups is 1. The molecular weight excluding hydrogens is 308 g/mol. The molecule has 1 aromatic carbocycles. The molecule has 22 heavy (non-hydrogen) atoms. The molecule has 0 aliphatic carbocycles. The summed E-state index contributed by atoms with van der Waals surface area (Å²) >= 11 is 6.12. The van der Waals surface area contributed by atoms with Gasteiger partial charge in [-0.05, 0) is 31.0 Å². The second-order valence-corrected chi connectivity index (χ2v) is 5.77. The number of amides is 1. The van der Waals surface area contributed by atoms with Gasteiger partial charge in [-0.15, -0.1) is 0 Å². The van der Waals surface area contributed by atoms with E-state index in [1.807, 2.05) is 6.92 Å². The van der Waals surface area contributed by atoms with Crippen molar-refractivity contribution in [2.24, 2.45) is 5.73 Å². The second kappa shape index (κ2) is 7.67. The first kappa shape index (κ1) is 16.9. The van der Waals surface area contributed by atoms with E-state index in [9.17, 15) is 9.90 Å². The zero-order valence-electron chi connectivity index (χ0n) is 12.5. The van der Waals surface area contributed by atoms with Gasteiger partial charge in [0.1, 0.15) is 13.2 Å². The van der Waals surface area contributed by atoms with Gasteiger partial charge in [-0.1, -0.05) is 11.6 Å². The van der Waals surface area contributed by atoms with Crippen molar-refractivity contribution in [1.82, 2.24) is 5.32 Å². The van der Waals surface area contributed by atoms with Crippen LogP contribution in [0.3, 0.4) is 0 Å². The fourth-order valence-corrected chi connectivity index (χ4v) is 2.37. The van der Waals surface area contributed by atoms with E-state index >= 15 is 0 Å². The Labute approximate surface area is 134 Å². The van der Waals surface area contributed by atoms with Gasteiger partial charge < -0.3 is 25.6 Å². The molecule has 122 valence electrons. The van der Waals surface area contributed by atoms with Gasteiger partial charge in [-0.25, -0.2) is 0 Å². The first-order chi connectivity index (χ1) is 10.5. The smallest absolute Gasteiger partial charge is 0.220 e. The summed E-state index contributed by atoms with van der Waals surface area (Å²) in [6, 6.07) is 3.28. The van der Waals surface area contributed by atoms with Gasteiger partial charge in [-0.2, -0.15) is 0 Å². The zero-order chi connectivity index (χ0) is 16.1. The Morgan fingerprint density at radius 2 is 2.18 bits per heavy atom. The molecule has 2 rings (SSSR count). The highest BCUT2D eigenvalue weighted by molar-refractivity contribution is 6.32. The fourth-order valence-electron chi connectivity index (χ4n) is 2.10. The van der Waals surface area contributed by atoms with Crippen LogP contribution in [0, 0.1) is 0 Å². The number of halogens is 1. The Kier molecular flexibility index (Phi) is 5.88. The van der Waals surface area contributed by atoms with E-state index in [0.717, 1.165) is 0 Å². The number of carbonyl (C=O) groups excluding carboxylic acids is 1. The topological polar surface area (TPSA) is 93.8 Å². The number of fused-ring (bicyclic) bond motifs is 1. The van der Waals surface area contributed by atoms with Crippen molar-refractivity contribution in [3.05, 3.63) is 22.7 Å². The molecule has 2 atom stereocenters. The lowest BCUT2D eigenvalue weighted by Gasteiger charge is -2.21. The molecule has 1 aliphatic heterocycles. The molecule has 0 radical (unpaired) electrons. The van der Waals surface area contributed by atoms with Crippen LogP contribution >= 0.6 is 11.6 Å². The molecule has 1 heterocycles. The molecule has 7 heteroatoms. The summed E-state index contributed by atoms with van der Waals surface area (Å²) in [7, 11) is 0. The Balaban J connectivity index is 1.94. The fraction of sp³-hybridized carbons (Fsp3) is 0.533. The third-order valence-corrected chi connectivity index (χ3v) is 3.60. The van der Waals surface area contributed by atoms with Gasteiger partial charge in [0.2, 0.25) is 5.91 Å². The number of nitrogens with two attached hydrogens (primary N) is 1. The predicted molar refractivity (Wildman–Crippen MR) is 83.3 cm³/mol. The van der Waals surface area contributed by atoms with Crippen LogP contribution in [0.5, 0.6) is 11.5 Å². The Morgan fingerprint density at radius 3 is 2.91 bits per heavy atom. The van der Waals surface area contributed by atoms with Crippen molar-refractivity contribution < 1.29 is 19.4 Å². The van der Waals surface area contributed by atoms with Gasteiger partial charge in [0, 0.05) is 19.0 Å². The SMILES string of the molecule is CC(N)CCC(=O)NCC(O)c1cc(Cl)c2c(c1)OCCO2. The minimum atomic E-state index is -0.868. The maximum absolute atomic E-state index is 11.6. The summed E-state index contributed by atoms with van der Waals surface area (Å²) in [5.41, 5.74) is 6.17. The van der Waals surface area contributed by atoms with E-state index in [1.54, 1.807) is 12.1 Å². The van der Waals surface area contributed by atoms with Crippen LogP contribution in [0.4, 0.5) is 0 Å². The van der Waals surface area contributed by atoms with Crippen LogP contribution in [0.15, 0.2) is 12.1 Å². The molecule has 0 fully saturated rings. The maximum atomic E-state index is 11.6. The molecule has 4 N–H and O–H groups in total. The molecule has 0 spiro atoms. The van der Waals surface area contributed by atoms with Gasteiger partial charge in [0.25, 0.3) is 0 Å². The lowest BCUT2D eigenvalue weighted by Crippen LogP contribution is -2.29. The minimum Gasteiger partial charge on any atom is -0.486 e. The predicted octanol–water partition coefficient (Wildman–Crippen LogP) is 1.39. The average Bonchev–Trinajstić information content (AvgIpc) is 2.50. The molecular formula is C15H21ClN2O4. The largest absolute Gasteiger partial charge is 0.486 e. The third kappa shape index (κ3) is 4.50. The Bertz CT molecular complexity index is 537. The average molecular weight is 329 g/mol. The summed E-state index contributed by atoms with van der Waals surface area (Å²) in [6.07, 6.45) is 0.0805. The Morgan fingerprint density at radius 1 is 1.45 bits per heavy atom. The lowest BCUT2D eigenvalue weighted by molar-refractivity contribution is -0.121. The first-order valence-corrected chi connectivity index (χ1v) is 7.64. The van der Waals surface area contributed by atoms with Gasteiger partial charge >= 0.3 is 0 Å². The van der Waals surface area contributed by atoms with E-state index in [4.69, 9.17) is 26.8 Å². The van der Waals surface area contributed by atoms with Crippen molar-refractivity contribution in [2.75, 3.05) is 19.8 Å². The van der Waals surface area contributed by atoms with Crippen molar-refractivity contribution in [3.8, 4) is 11.5 Å². The zero-order valence-corrected chi connectivity index (χ0v) is 13.2. The van der Waals surface area contributed by atoms with Crippen molar-refractivity contribution in [3.63, 3.8) is 0 Å². The van der Waals surface area contributed by atoms with Crippen LogP contribution in [-0.2, 0) is 4.79 Å². The van der Waals surface area contributed by atoms with Gasteiger partial charge in [0.05, 0.1) is 11.1 Å². The van der Waals surface area contributed by atoms with Crippen LogP contribution in [0.25, 0.3) is 0 Å². The highest BCUT2D eigenvalue weighted by Gasteiger charge is 2.19. The molecule has 1 amide bonds. The summed E-state index contributed by atoms with van der Waals surface area (Å²) in [6.45, 7) is 2.84. The van der Waals surface area contributed by atoms with Gasteiger partial charge in [0.15, 0.2) is 11.5 Å². The number of hydrogen-bond acceptors (Lipinski definition) is 5. The molecule has 0 saturated heterocycles. The normalized spacial score (nSPS) is 16.0. The number of nitrogens with one attached hydrogen (secondary N) is 1. The highest BCUT2D eigenvalue weighted by atomic mass is 35.5. The standard InChI is InChI=1S/C15H21ClN2O4/c1-9(17)2-3-14(20)18-8-12(19)10-6-11(16)15-13(7-10)21-4-5-22-15/h6-7,9,12,19H,2-5,8,17H2,1H3,(H,18,20). The third-order valence-electron chi connectivity index (χ3n) is 3.32. The summed E-state index contributed by atoms with van der Waals surface area (Å²) < 4.78 is 10.9. The Hall–Kier alpha value is -1.50. The highest BCUT2D eigenvalue weighted by Crippen LogP contribution is 2.39. The molecule has 0 saturated carbocycles. The van der Waals surface area contributed by atoms with Crippen molar-refractivity contribution >= 4 is 17.5 Å².